The largest absolute Gasteiger partial charge is 0.388 e. The fraction of sp³-hybridized carbons (Fsp3) is 0.333. The van der Waals surface area contributed by atoms with Gasteiger partial charge in [0, 0.05) is 15.6 Å². The summed E-state index contributed by atoms with van der Waals surface area (Å²) in [5.74, 6) is 0. The number of hydrogen-bond acceptors (Lipinski definition) is 1. The van der Waals surface area contributed by atoms with Crippen molar-refractivity contribution in [3.63, 3.8) is 0 Å². The summed E-state index contributed by atoms with van der Waals surface area (Å²) >= 11 is 12.0. The van der Waals surface area contributed by atoms with E-state index >= 15 is 0 Å². The molecule has 82 valence electrons. The fourth-order valence-corrected chi connectivity index (χ4v) is 2.00. The van der Waals surface area contributed by atoms with Crippen molar-refractivity contribution >= 4 is 23.2 Å². The summed E-state index contributed by atoms with van der Waals surface area (Å²) in [6.07, 6.45) is 0.678. The number of rotatable bonds is 4. The number of aliphatic hydroxyl groups excluding tert-OH is 1. The molecule has 0 fully saturated rings. The van der Waals surface area contributed by atoms with Gasteiger partial charge in [0.15, 0.2) is 0 Å². The second-order valence-corrected chi connectivity index (χ2v) is 4.27. The average Bonchev–Trinajstić information content (AvgIpc) is 2.17. The summed E-state index contributed by atoms with van der Waals surface area (Å²) in [5.41, 5.74) is 1.58. The van der Waals surface area contributed by atoms with Crippen LogP contribution in [-0.2, 0) is 0 Å². The molecule has 1 N–H and O–H groups in total. The van der Waals surface area contributed by atoms with Gasteiger partial charge in [-0.2, -0.15) is 0 Å². The van der Waals surface area contributed by atoms with Crippen LogP contribution >= 0.6 is 23.2 Å². The first-order valence-electron chi connectivity index (χ1n) is 4.84. The van der Waals surface area contributed by atoms with Crippen LogP contribution in [0.1, 0.15) is 31.4 Å². The maximum Gasteiger partial charge on any atom is 0.0855 e. The molecule has 1 atom stereocenters. The van der Waals surface area contributed by atoms with Crippen molar-refractivity contribution in [2.75, 3.05) is 0 Å². The van der Waals surface area contributed by atoms with Gasteiger partial charge in [-0.15, -0.1) is 0 Å². The Morgan fingerprint density at radius 1 is 1.40 bits per heavy atom. The summed E-state index contributed by atoms with van der Waals surface area (Å²) in [5, 5.41) is 11.0. The highest BCUT2D eigenvalue weighted by Crippen LogP contribution is 2.33. The minimum atomic E-state index is -0.668. The van der Waals surface area contributed by atoms with E-state index in [0.717, 1.165) is 12.0 Å². The normalized spacial score (nSPS) is 12.5. The van der Waals surface area contributed by atoms with E-state index in [4.69, 9.17) is 23.2 Å². The predicted octanol–water partition coefficient (Wildman–Crippen LogP) is 4.38. The van der Waals surface area contributed by atoms with Crippen LogP contribution in [0.15, 0.2) is 30.4 Å². The van der Waals surface area contributed by atoms with Gasteiger partial charge in [-0.25, -0.2) is 0 Å². The highest BCUT2D eigenvalue weighted by Gasteiger charge is 2.15. The molecule has 3 heteroatoms. The lowest BCUT2D eigenvalue weighted by Gasteiger charge is -2.15. The van der Waals surface area contributed by atoms with Crippen molar-refractivity contribution < 1.29 is 5.11 Å². The maximum absolute atomic E-state index is 9.95. The van der Waals surface area contributed by atoms with Crippen molar-refractivity contribution in [1.82, 2.24) is 0 Å². The van der Waals surface area contributed by atoms with Crippen molar-refractivity contribution in [3.05, 3.63) is 46.0 Å². The zero-order chi connectivity index (χ0) is 11.4. The van der Waals surface area contributed by atoms with E-state index in [1.165, 1.54) is 0 Å². The van der Waals surface area contributed by atoms with Gasteiger partial charge in [-0.1, -0.05) is 48.3 Å². The summed E-state index contributed by atoms with van der Waals surface area (Å²) in [6.45, 7) is 5.86. The zero-order valence-corrected chi connectivity index (χ0v) is 10.1. The third kappa shape index (κ3) is 3.23. The van der Waals surface area contributed by atoms with Gasteiger partial charge in [0.2, 0.25) is 0 Å². The summed E-state index contributed by atoms with van der Waals surface area (Å²) in [4.78, 5) is 0. The molecule has 0 aliphatic heterocycles. The van der Waals surface area contributed by atoms with Crippen molar-refractivity contribution in [2.45, 2.75) is 25.9 Å². The third-order valence-corrected chi connectivity index (χ3v) is 2.97. The minimum absolute atomic E-state index is 0.499. The molecular formula is C12H14Cl2O. The van der Waals surface area contributed by atoms with Gasteiger partial charge in [0.25, 0.3) is 0 Å². The van der Waals surface area contributed by atoms with Crippen LogP contribution in [0.5, 0.6) is 0 Å². The second-order valence-electron chi connectivity index (χ2n) is 3.46. The molecule has 1 aromatic rings. The molecule has 0 bridgehead atoms. The quantitative estimate of drug-likeness (QED) is 0.780. The lowest BCUT2D eigenvalue weighted by molar-refractivity contribution is 0.178. The Bertz CT molecular complexity index is 340. The first kappa shape index (κ1) is 12.6. The molecule has 1 aromatic carbocycles. The van der Waals surface area contributed by atoms with Crippen LogP contribution in [0.25, 0.3) is 0 Å². The van der Waals surface area contributed by atoms with Gasteiger partial charge in [0.1, 0.15) is 0 Å². The second kappa shape index (κ2) is 5.55. The monoisotopic (exact) mass is 244 g/mol. The molecule has 0 aliphatic carbocycles. The molecule has 1 unspecified atom stereocenters. The molecule has 15 heavy (non-hydrogen) atoms. The van der Waals surface area contributed by atoms with Gasteiger partial charge < -0.3 is 5.11 Å². The molecule has 0 aliphatic rings. The van der Waals surface area contributed by atoms with Crippen molar-refractivity contribution in [3.8, 4) is 0 Å². The first-order chi connectivity index (χ1) is 7.06. The molecule has 0 amide bonds. The van der Waals surface area contributed by atoms with E-state index in [9.17, 15) is 5.11 Å². The van der Waals surface area contributed by atoms with Gasteiger partial charge in [0.05, 0.1) is 6.10 Å². The van der Waals surface area contributed by atoms with E-state index < -0.39 is 6.10 Å². The maximum atomic E-state index is 9.95. The summed E-state index contributed by atoms with van der Waals surface area (Å²) in [7, 11) is 0. The molecule has 0 radical (unpaired) electrons. The van der Waals surface area contributed by atoms with E-state index in [2.05, 4.69) is 6.58 Å². The SMILES string of the molecule is C=C(CC)CC(O)c1c(Cl)cccc1Cl. The van der Waals surface area contributed by atoms with Crippen molar-refractivity contribution in [2.24, 2.45) is 0 Å². The standard InChI is InChI=1S/C12H14Cl2O/c1-3-8(2)7-11(15)12-9(13)5-4-6-10(12)14/h4-6,11,15H,2-3,7H2,1H3. The number of halogens is 2. The number of aliphatic hydroxyl groups is 1. The lowest BCUT2D eigenvalue weighted by Crippen LogP contribution is -2.00. The summed E-state index contributed by atoms with van der Waals surface area (Å²) in [6, 6.07) is 5.21. The fourth-order valence-electron chi connectivity index (χ4n) is 1.35. The molecular weight excluding hydrogens is 231 g/mol. The van der Waals surface area contributed by atoms with Gasteiger partial charge in [-0.05, 0) is 25.0 Å². The van der Waals surface area contributed by atoms with Crippen LogP contribution in [0.2, 0.25) is 10.0 Å². The van der Waals surface area contributed by atoms with E-state index in [1.807, 2.05) is 6.92 Å². The Hall–Kier alpha value is -0.500. The molecule has 0 saturated heterocycles. The molecule has 0 aromatic heterocycles. The van der Waals surface area contributed by atoms with E-state index in [1.54, 1.807) is 18.2 Å². The van der Waals surface area contributed by atoms with Crippen LogP contribution in [0.4, 0.5) is 0 Å². The Morgan fingerprint density at radius 2 is 1.93 bits per heavy atom. The van der Waals surface area contributed by atoms with Gasteiger partial charge in [-0.3, -0.25) is 0 Å². The van der Waals surface area contributed by atoms with Crippen LogP contribution in [-0.4, -0.2) is 5.11 Å². The van der Waals surface area contributed by atoms with Crippen LogP contribution < -0.4 is 0 Å². The van der Waals surface area contributed by atoms with Crippen LogP contribution in [0, 0.1) is 0 Å². The zero-order valence-electron chi connectivity index (χ0n) is 8.63. The highest BCUT2D eigenvalue weighted by molar-refractivity contribution is 6.36. The highest BCUT2D eigenvalue weighted by atomic mass is 35.5. The van der Waals surface area contributed by atoms with Gasteiger partial charge >= 0.3 is 0 Å². The third-order valence-electron chi connectivity index (χ3n) is 2.31. The Kier molecular flexibility index (Phi) is 4.65. The Morgan fingerprint density at radius 3 is 2.40 bits per heavy atom. The molecule has 1 nitrogen and oxygen atoms in total. The Labute approximate surface area is 100 Å². The average molecular weight is 245 g/mol. The smallest absolute Gasteiger partial charge is 0.0855 e. The Balaban J connectivity index is 2.90. The topological polar surface area (TPSA) is 20.2 Å². The predicted molar refractivity (Wildman–Crippen MR) is 65.5 cm³/mol. The molecule has 1 rings (SSSR count). The number of benzene rings is 1. The first-order valence-corrected chi connectivity index (χ1v) is 5.60. The minimum Gasteiger partial charge on any atom is -0.388 e. The van der Waals surface area contributed by atoms with Crippen molar-refractivity contribution in [1.29, 1.82) is 0 Å². The van der Waals surface area contributed by atoms with E-state index in [0.29, 0.717) is 22.0 Å². The lowest BCUT2D eigenvalue weighted by atomic mass is 10.0. The molecule has 0 heterocycles. The van der Waals surface area contributed by atoms with E-state index in [-0.39, 0.29) is 0 Å². The summed E-state index contributed by atoms with van der Waals surface area (Å²) < 4.78 is 0. The molecule has 0 spiro atoms. The number of hydrogen-bond donors (Lipinski definition) is 1. The van der Waals surface area contributed by atoms with Crippen LogP contribution in [0.3, 0.4) is 0 Å². The molecule has 0 saturated carbocycles.